The van der Waals surface area contributed by atoms with E-state index in [0.717, 1.165) is 16.5 Å². The molecule has 7 aromatic carbocycles. The first kappa shape index (κ1) is 24.1. The number of hydrogen-bond donors (Lipinski definition) is 0. The van der Waals surface area contributed by atoms with Crippen molar-refractivity contribution in [2.45, 2.75) is 0 Å². The van der Waals surface area contributed by atoms with Crippen LogP contribution in [0, 0.1) is 11.3 Å². The van der Waals surface area contributed by atoms with E-state index in [9.17, 15) is 5.26 Å². The summed E-state index contributed by atoms with van der Waals surface area (Å²) < 4.78 is 0. The lowest BCUT2D eigenvalue weighted by atomic mass is 9.83. The third kappa shape index (κ3) is 3.69. The van der Waals surface area contributed by atoms with Crippen molar-refractivity contribution in [3.63, 3.8) is 0 Å². The van der Waals surface area contributed by atoms with Crippen LogP contribution in [0.25, 0.3) is 76.5 Å². The van der Waals surface area contributed by atoms with Crippen LogP contribution >= 0.6 is 0 Å². The van der Waals surface area contributed by atoms with Gasteiger partial charge in [-0.05, 0) is 88.6 Å². The molecule has 1 aromatic heterocycles. The molecule has 194 valence electrons. The number of aromatic nitrogens is 1. The Morgan fingerprint density at radius 2 is 0.881 bits per heavy atom. The molecule has 42 heavy (non-hydrogen) atoms. The molecule has 0 aliphatic carbocycles. The molecule has 0 fully saturated rings. The van der Waals surface area contributed by atoms with E-state index >= 15 is 0 Å². The number of rotatable bonds is 3. The molecule has 0 N–H and O–H groups in total. The maximum Gasteiger partial charge on any atom is 0.141 e. The molecule has 0 aliphatic heterocycles. The summed E-state index contributed by atoms with van der Waals surface area (Å²) in [6.07, 6.45) is 1.71. The second-order valence-corrected chi connectivity index (χ2v) is 10.6. The first-order valence-corrected chi connectivity index (χ1v) is 14.1. The Balaban J connectivity index is 1.49. The maximum atomic E-state index is 9.47. The second-order valence-electron chi connectivity index (χ2n) is 10.6. The minimum absolute atomic E-state index is 0.418. The molecule has 0 bridgehead atoms. The van der Waals surface area contributed by atoms with E-state index in [1.54, 1.807) is 6.20 Å². The van der Waals surface area contributed by atoms with E-state index in [1.165, 1.54) is 60.0 Å². The summed E-state index contributed by atoms with van der Waals surface area (Å²) in [6.45, 7) is 0. The fraction of sp³-hybridized carbons (Fsp3) is 0. The van der Waals surface area contributed by atoms with Crippen LogP contribution in [-0.4, -0.2) is 4.98 Å². The van der Waals surface area contributed by atoms with Crippen molar-refractivity contribution in [1.29, 1.82) is 5.26 Å². The van der Waals surface area contributed by atoms with Gasteiger partial charge in [-0.1, -0.05) is 127 Å². The Morgan fingerprint density at radius 1 is 0.429 bits per heavy atom. The van der Waals surface area contributed by atoms with E-state index < -0.39 is 0 Å². The number of benzene rings is 7. The SMILES string of the molecule is N#Cc1cc(-c2cccc3c(-c4c5ccccc5c(-c5cccc6ccccc56)c5ccccc45)cccc23)ccn1. The van der Waals surface area contributed by atoms with Crippen LogP contribution in [-0.2, 0) is 0 Å². The monoisotopic (exact) mass is 532 g/mol. The van der Waals surface area contributed by atoms with Gasteiger partial charge in [0.15, 0.2) is 0 Å². The number of pyridine rings is 1. The average molecular weight is 533 g/mol. The van der Waals surface area contributed by atoms with Gasteiger partial charge in [0.05, 0.1) is 0 Å². The Morgan fingerprint density at radius 3 is 1.50 bits per heavy atom. The van der Waals surface area contributed by atoms with E-state index in [0.29, 0.717) is 5.69 Å². The molecular weight excluding hydrogens is 508 g/mol. The van der Waals surface area contributed by atoms with Crippen LogP contribution in [0.3, 0.4) is 0 Å². The Bertz CT molecular complexity index is 2310. The summed E-state index contributed by atoms with van der Waals surface area (Å²) >= 11 is 0. The van der Waals surface area contributed by atoms with Gasteiger partial charge in [-0.15, -0.1) is 0 Å². The number of fused-ring (bicyclic) bond motifs is 4. The smallest absolute Gasteiger partial charge is 0.141 e. The summed E-state index contributed by atoms with van der Waals surface area (Å²) in [4.78, 5) is 4.19. The summed E-state index contributed by atoms with van der Waals surface area (Å²) in [6, 6.07) is 51.9. The lowest BCUT2D eigenvalue weighted by Gasteiger charge is -2.20. The van der Waals surface area contributed by atoms with E-state index in [-0.39, 0.29) is 0 Å². The number of nitrogens with zero attached hydrogens (tertiary/aromatic N) is 2. The lowest BCUT2D eigenvalue weighted by Crippen LogP contribution is -1.93. The van der Waals surface area contributed by atoms with Crippen LogP contribution in [0.1, 0.15) is 5.69 Å². The van der Waals surface area contributed by atoms with Gasteiger partial charge in [-0.2, -0.15) is 5.26 Å². The van der Waals surface area contributed by atoms with Gasteiger partial charge in [0.1, 0.15) is 11.8 Å². The zero-order valence-corrected chi connectivity index (χ0v) is 22.8. The summed E-state index contributed by atoms with van der Waals surface area (Å²) in [7, 11) is 0. The van der Waals surface area contributed by atoms with Crippen LogP contribution < -0.4 is 0 Å². The summed E-state index contributed by atoms with van der Waals surface area (Å²) in [5.41, 5.74) is 7.45. The van der Waals surface area contributed by atoms with Gasteiger partial charge >= 0.3 is 0 Å². The van der Waals surface area contributed by atoms with Gasteiger partial charge < -0.3 is 0 Å². The van der Waals surface area contributed by atoms with Crippen molar-refractivity contribution in [3.05, 3.63) is 151 Å². The van der Waals surface area contributed by atoms with Gasteiger partial charge in [0, 0.05) is 6.20 Å². The van der Waals surface area contributed by atoms with Crippen LogP contribution in [0.2, 0.25) is 0 Å². The highest BCUT2D eigenvalue weighted by Crippen LogP contribution is 2.47. The highest BCUT2D eigenvalue weighted by Gasteiger charge is 2.19. The topological polar surface area (TPSA) is 36.7 Å². The van der Waals surface area contributed by atoms with Crippen molar-refractivity contribution in [2.24, 2.45) is 0 Å². The molecular formula is C40H24N2. The van der Waals surface area contributed by atoms with Gasteiger partial charge in [0.2, 0.25) is 0 Å². The number of hydrogen-bond acceptors (Lipinski definition) is 2. The predicted octanol–water partition coefficient (Wildman–Crippen LogP) is 10.6. The summed E-state index contributed by atoms with van der Waals surface area (Å²) in [5, 5.41) is 19.2. The average Bonchev–Trinajstić information content (AvgIpc) is 3.06. The largest absolute Gasteiger partial charge is 0.246 e. The Hall–Kier alpha value is -5.78. The van der Waals surface area contributed by atoms with Crippen LogP contribution in [0.5, 0.6) is 0 Å². The van der Waals surface area contributed by atoms with Gasteiger partial charge in [-0.3, -0.25) is 0 Å². The quantitative estimate of drug-likeness (QED) is 0.212. The van der Waals surface area contributed by atoms with Crippen molar-refractivity contribution >= 4 is 43.1 Å². The molecule has 8 rings (SSSR count). The maximum absolute atomic E-state index is 9.47. The minimum atomic E-state index is 0.418. The van der Waals surface area contributed by atoms with Crippen LogP contribution in [0.4, 0.5) is 0 Å². The molecule has 8 aromatic rings. The standard InChI is InChI=1S/C40H24N2/c41-25-28-24-27(22-23-42-28)30-17-8-19-32-31(30)18-9-21-34(32)40-37-15-5-3-13-35(37)39(36-14-4-6-16-38(36)40)33-20-7-11-26-10-1-2-12-29(26)33/h1-24H. The molecule has 1 heterocycles. The van der Waals surface area contributed by atoms with E-state index in [2.05, 4.69) is 138 Å². The second kappa shape index (κ2) is 9.70. The van der Waals surface area contributed by atoms with E-state index in [1.807, 2.05) is 12.1 Å². The highest BCUT2D eigenvalue weighted by atomic mass is 14.7. The molecule has 2 nitrogen and oxygen atoms in total. The van der Waals surface area contributed by atoms with Crippen molar-refractivity contribution in [1.82, 2.24) is 4.98 Å². The summed E-state index contributed by atoms with van der Waals surface area (Å²) in [5.74, 6) is 0. The zero-order chi connectivity index (χ0) is 28.0. The lowest BCUT2D eigenvalue weighted by molar-refractivity contribution is 1.27. The first-order valence-electron chi connectivity index (χ1n) is 14.1. The molecule has 0 aliphatic rings. The number of nitriles is 1. The molecule has 0 radical (unpaired) electrons. The van der Waals surface area contributed by atoms with Crippen molar-refractivity contribution in [2.75, 3.05) is 0 Å². The molecule has 0 saturated heterocycles. The Kier molecular flexibility index (Phi) is 5.55. The zero-order valence-electron chi connectivity index (χ0n) is 22.8. The normalized spacial score (nSPS) is 11.3. The molecule has 0 atom stereocenters. The van der Waals surface area contributed by atoms with E-state index in [4.69, 9.17) is 0 Å². The molecule has 0 spiro atoms. The fourth-order valence-electron chi connectivity index (χ4n) is 6.59. The molecule has 0 amide bonds. The van der Waals surface area contributed by atoms with Crippen molar-refractivity contribution < 1.29 is 0 Å². The fourth-order valence-corrected chi connectivity index (χ4v) is 6.59. The molecule has 0 saturated carbocycles. The third-order valence-corrected chi connectivity index (χ3v) is 8.37. The first-order chi connectivity index (χ1) is 20.8. The van der Waals surface area contributed by atoms with Crippen LogP contribution in [0.15, 0.2) is 146 Å². The molecule has 2 heteroatoms. The third-order valence-electron chi connectivity index (χ3n) is 8.37. The van der Waals surface area contributed by atoms with Gasteiger partial charge in [-0.25, -0.2) is 4.98 Å². The molecule has 0 unspecified atom stereocenters. The van der Waals surface area contributed by atoms with Gasteiger partial charge in [0.25, 0.3) is 0 Å². The highest BCUT2D eigenvalue weighted by molar-refractivity contribution is 6.25. The predicted molar refractivity (Wildman–Crippen MR) is 175 cm³/mol. The van der Waals surface area contributed by atoms with Crippen molar-refractivity contribution in [3.8, 4) is 39.4 Å². The minimum Gasteiger partial charge on any atom is -0.246 e. The Labute approximate surface area is 243 Å².